The molecule has 0 aliphatic heterocycles. The summed E-state index contributed by atoms with van der Waals surface area (Å²) in [7, 11) is -3.68. The molecule has 0 aliphatic carbocycles. The summed E-state index contributed by atoms with van der Waals surface area (Å²) in [5, 5.41) is 0. The molecule has 0 atom stereocenters. The van der Waals surface area contributed by atoms with Crippen LogP contribution in [0, 0.1) is 0 Å². The van der Waals surface area contributed by atoms with Crippen LogP contribution in [0.15, 0.2) is 58.3 Å². The van der Waals surface area contributed by atoms with Gasteiger partial charge in [0, 0.05) is 16.1 Å². The summed E-state index contributed by atoms with van der Waals surface area (Å²) >= 11 is 1.58. The fourth-order valence-electron chi connectivity index (χ4n) is 1.67. The normalized spacial score (nSPS) is 11.1. The highest BCUT2D eigenvalue weighted by Crippen LogP contribution is 2.20. The Balaban J connectivity index is 2.22. The predicted molar refractivity (Wildman–Crippen MR) is 84.0 cm³/mol. The number of carbonyl (C=O) groups is 1. The number of nitrogens with one attached hydrogen (secondary N) is 1. The molecule has 2 aromatic rings. The lowest BCUT2D eigenvalue weighted by molar-refractivity contribution is 0.1000. The molecule has 0 spiro atoms. The van der Waals surface area contributed by atoms with Gasteiger partial charge in [0.2, 0.25) is 5.91 Å². The van der Waals surface area contributed by atoms with Crippen molar-refractivity contribution in [3.63, 3.8) is 0 Å². The smallest absolute Gasteiger partial charge is 0.261 e. The number of amides is 1. The van der Waals surface area contributed by atoms with Crippen LogP contribution in [0.25, 0.3) is 0 Å². The first-order chi connectivity index (χ1) is 9.92. The van der Waals surface area contributed by atoms with Crippen molar-refractivity contribution in [2.75, 3.05) is 11.0 Å². The fraction of sp³-hybridized carbons (Fsp3) is 0.0714. The monoisotopic (exact) mass is 322 g/mol. The van der Waals surface area contributed by atoms with E-state index < -0.39 is 15.9 Å². The van der Waals surface area contributed by atoms with Gasteiger partial charge in [-0.2, -0.15) is 0 Å². The number of primary amides is 1. The van der Waals surface area contributed by atoms with Gasteiger partial charge < -0.3 is 5.73 Å². The number of sulfonamides is 1. The number of anilines is 1. The third kappa shape index (κ3) is 3.77. The van der Waals surface area contributed by atoms with Gasteiger partial charge in [-0.3, -0.25) is 9.52 Å². The molecule has 0 radical (unpaired) electrons. The molecule has 0 saturated heterocycles. The second kappa shape index (κ2) is 6.19. The average Bonchev–Trinajstić information content (AvgIpc) is 2.48. The van der Waals surface area contributed by atoms with E-state index in [4.69, 9.17) is 5.73 Å². The molecule has 0 unspecified atom stereocenters. The van der Waals surface area contributed by atoms with Crippen molar-refractivity contribution < 1.29 is 13.2 Å². The van der Waals surface area contributed by atoms with Gasteiger partial charge in [-0.1, -0.05) is 0 Å². The van der Waals surface area contributed by atoms with Crippen LogP contribution in [0.3, 0.4) is 0 Å². The van der Waals surface area contributed by atoms with E-state index in [-0.39, 0.29) is 10.5 Å². The number of hydrogen-bond acceptors (Lipinski definition) is 4. The SMILES string of the molecule is CSc1ccc(NS(=O)(=O)c2ccc(C(N)=O)cc2)cc1. The van der Waals surface area contributed by atoms with Gasteiger partial charge in [-0.25, -0.2) is 8.42 Å². The third-order valence-electron chi connectivity index (χ3n) is 2.79. The number of hydrogen-bond donors (Lipinski definition) is 2. The summed E-state index contributed by atoms with van der Waals surface area (Å²) in [4.78, 5) is 12.1. The minimum absolute atomic E-state index is 0.0708. The summed E-state index contributed by atoms with van der Waals surface area (Å²) in [5.74, 6) is -0.598. The molecular formula is C14H14N2O3S2. The van der Waals surface area contributed by atoms with Crippen molar-refractivity contribution in [2.24, 2.45) is 5.73 Å². The lowest BCUT2D eigenvalue weighted by Crippen LogP contribution is -2.14. The van der Waals surface area contributed by atoms with Crippen LogP contribution in [0.5, 0.6) is 0 Å². The lowest BCUT2D eigenvalue weighted by Gasteiger charge is -2.08. The minimum Gasteiger partial charge on any atom is -0.366 e. The topological polar surface area (TPSA) is 89.3 Å². The van der Waals surface area contributed by atoms with Crippen molar-refractivity contribution >= 4 is 33.4 Å². The van der Waals surface area contributed by atoms with Gasteiger partial charge in [0.1, 0.15) is 0 Å². The van der Waals surface area contributed by atoms with Crippen molar-refractivity contribution in [1.29, 1.82) is 0 Å². The lowest BCUT2D eigenvalue weighted by atomic mass is 10.2. The van der Waals surface area contributed by atoms with Crippen molar-refractivity contribution in [3.05, 3.63) is 54.1 Å². The molecule has 1 amide bonds. The van der Waals surface area contributed by atoms with Crippen molar-refractivity contribution in [1.82, 2.24) is 0 Å². The zero-order valence-electron chi connectivity index (χ0n) is 11.2. The Bertz CT molecular complexity index is 739. The van der Waals surface area contributed by atoms with E-state index in [1.807, 2.05) is 18.4 Å². The maximum absolute atomic E-state index is 12.2. The molecule has 0 bridgehead atoms. The van der Waals surface area contributed by atoms with E-state index in [1.54, 1.807) is 23.9 Å². The van der Waals surface area contributed by atoms with Gasteiger partial charge in [0.25, 0.3) is 10.0 Å². The van der Waals surface area contributed by atoms with Gasteiger partial charge in [0.15, 0.2) is 0 Å². The Hall–Kier alpha value is -1.99. The molecule has 3 N–H and O–H groups in total. The quantitative estimate of drug-likeness (QED) is 0.827. The molecule has 0 fully saturated rings. The minimum atomic E-state index is -3.68. The van der Waals surface area contributed by atoms with Crippen LogP contribution in [0.2, 0.25) is 0 Å². The highest BCUT2D eigenvalue weighted by molar-refractivity contribution is 7.98. The number of thioether (sulfide) groups is 1. The van der Waals surface area contributed by atoms with Crippen LogP contribution < -0.4 is 10.5 Å². The first-order valence-corrected chi connectivity index (χ1v) is 8.70. The summed E-state index contributed by atoms with van der Waals surface area (Å²) in [6, 6.07) is 12.5. The molecule has 0 aromatic heterocycles. The molecule has 2 aromatic carbocycles. The van der Waals surface area contributed by atoms with Crippen LogP contribution >= 0.6 is 11.8 Å². The first kappa shape index (κ1) is 15.4. The maximum Gasteiger partial charge on any atom is 0.261 e. The van der Waals surface area contributed by atoms with Gasteiger partial charge in [-0.15, -0.1) is 11.8 Å². The maximum atomic E-state index is 12.2. The molecule has 7 heteroatoms. The zero-order chi connectivity index (χ0) is 15.5. The van der Waals surface area contributed by atoms with Crippen LogP contribution in [-0.4, -0.2) is 20.6 Å². The number of carbonyl (C=O) groups excluding carboxylic acids is 1. The summed E-state index contributed by atoms with van der Waals surface area (Å²) in [6.07, 6.45) is 1.94. The zero-order valence-corrected chi connectivity index (χ0v) is 12.9. The van der Waals surface area contributed by atoms with Crippen molar-refractivity contribution in [2.45, 2.75) is 9.79 Å². The molecule has 110 valence electrons. The average molecular weight is 322 g/mol. The standard InChI is InChI=1S/C14H14N2O3S2/c1-20-12-6-4-11(5-7-12)16-21(18,19)13-8-2-10(3-9-13)14(15)17/h2-9,16H,1H3,(H2,15,17). The van der Waals surface area contributed by atoms with E-state index in [2.05, 4.69) is 4.72 Å². The van der Waals surface area contributed by atoms with Crippen molar-refractivity contribution in [3.8, 4) is 0 Å². The number of nitrogens with two attached hydrogens (primary N) is 1. The summed E-state index contributed by atoms with van der Waals surface area (Å²) in [6.45, 7) is 0. The largest absolute Gasteiger partial charge is 0.366 e. The number of rotatable bonds is 5. The molecule has 2 rings (SSSR count). The van der Waals surface area contributed by atoms with Crippen LogP contribution in [-0.2, 0) is 10.0 Å². The van der Waals surface area contributed by atoms with Gasteiger partial charge in [0.05, 0.1) is 4.90 Å². The Morgan fingerprint density at radius 2 is 1.62 bits per heavy atom. The Labute approximate surface area is 127 Å². The Kier molecular flexibility index (Phi) is 4.54. The molecule has 0 aliphatic rings. The van der Waals surface area contributed by atoms with E-state index in [9.17, 15) is 13.2 Å². The molecular weight excluding hydrogens is 308 g/mol. The van der Waals surface area contributed by atoms with E-state index in [0.717, 1.165) is 4.90 Å². The predicted octanol–water partition coefficient (Wildman–Crippen LogP) is 2.31. The van der Waals surface area contributed by atoms with Crippen LogP contribution in [0.1, 0.15) is 10.4 Å². The highest BCUT2D eigenvalue weighted by Gasteiger charge is 2.14. The van der Waals surface area contributed by atoms with Crippen LogP contribution in [0.4, 0.5) is 5.69 Å². The second-order valence-corrected chi connectivity index (χ2v) is 6.78. The molecule has 0 saturated carbocycles. The van der Waals surface area contributed by atoms with Gasteiger partial charge in [-0.05, 0) is 54.8 Å². The Morgan fingerprint density at radius 3 is 2.10 bits per heavy atom. The number of benzene rings is 2. The van der Waals surface area contributed by atoms with E-state index in [1.165, 1.54) is 24.3 Å². The third-order valence-corrected chi connectivity index (χ3v) is 4.93. The fourth-order valence-corrected chi connectivity index (χ4v) is 3.14. The summed E-state index contributed by atoms with van der Waals surface area (Å²) < 4.78 is 26.9. The summed E-state index contributed by atoms with van der Waals surface area (Å²) in [5.41, 5.74) is 5.86. The second-order valence-electron chi connectivity index (χ2n) is 4.22. The molecule has 21 heavy (non-hydrogen) atoms. The Morgan fingerprint density at radius 1 is 1.05 bits per heavy atom. The van der Waals surface area contributed by atoms with Gasteiger partial charge >= 0.3 is 0 Å². The molecule has 5 nitrogen and oxygen atoms in total. The molecule has 0 heterocycles. The van der Waals surface area contributed by atoms with E-state index in [0.29, 0.717) is 5.69 Å². The highest BCUT2D eigenvalue weighted by atomic mass is 32.2. The van der Waals surface area contributed by atoms with E-state index >= 15 is 0 Å². The first-order valence-electron chi connectivity index (χ1n) is 5.99.